The normalized spacial score (nSPS) is 29.4. The van der Waals surface area contributed by atoms with E-state index in [1.165, 1.54) is 28.1 Å². The van der Waals surface area contributed by atoms with E-state index in [2.05, 4.69) is 54.4 Å². The quantitative estimate of drug-likeness (QED) is 0.0990. The number of nitrogen functional groups attached to an aromatic ring is 2. The third-order valence-corrected chi connectivity index (χ3v) is 9.34. The van der Waals surface area contributed by atoms with Gasteiger partial charge in [-0.15, -0.1) is 0 Å². The summed E-state index contributed by atoms with van der Waals surface area (Å²) < 4.78 is 71.7. The van der Waals surface area contributed by atoms with Crippen LogP contribution in [0, 0.1) is 0 Å². The maximum atomic E-state index is 15.7. The van der Waals surface area contributed by atoms with E-state index in [9.17, 15) is 19.0 Å². The minimum Gasteiger partial charge on any atom is -0.394 e. The van der Waals surface area contributed by atoms with E-state index in [0.29, 0.717) is 0 Å². The van der Waals surface area contributed by atoms with Gasteiger partial charge in [0.1, 0.15) is 30.2 Å². The number of aromatic amines is 1. The van der Waals surface area contributed by atoms with E-state index in [4.69, 9.17) is 34.5 Å². The zero-order valence-corrected chi connectivity index (χ0v) is 25.8. The number of aliphatic hydroxyl groups excluding tert-OH is 1. The van der Waals surface area contributed by atoms with Crippen LogP contribution in [-0.4, -0.2) is 87.9 Å². The molecule has 44 heavy (non-hydrogen) atoms. The Labute approximate surface area is 256 Å². The van der Waals surface area contributed by atoms with Crippen molar-refractivity contribution in [1.29, 1.82) is 0 Å². The zero-order chi connectivity index (χ0) is 31.3. The van der Waals surface area contributed by atoms with E-state index in [0.717, 1.165) is 0 Å². The Balaban J connectivity index is 1.20. The first-order valence-electron chi connectivity index (χ1n) is 12.7. The minimum absolute atomic E-state index is 0.0357. The van der Waals surface area contributed by atoms with Crippen LogP contribution in [0.4, 0.5) is 16.2 Å². The number of halogens is 1. The molecule has 0 radical (unpaired) electrons. The van der Waals surface area contributed by atoms with Crippen molar-refractivity contribution >= 4 is 72.6 Å². The van der Waals surface area contributed by atoms with Crippen molar-refractivity contribution < 1.29 is 41.7 Å². The second-order valence-corrected chi connectivity index (χ2v) is 14.4. The second-order valence-electron chi connectivity index (χ2n) is 9.69. The fraction of sp³-hybridized carbons (Fsp3) is 0.500. The van der Waals surface area contributed by atoms with Crippen LogP contribution < -0.4 is 17.0 Å². The van der Waals surface area contributed by atoms with Gasteiger partial charge < -0.3 is 30.6 Å². The summed E-state index contributed by atoms with van der Waals surface area (Å²) in [5, 5.41) is 9.72. The molecule has 19 nitrogen and oxygen atoms in total. The van der Waals surface area contributed by atoms with E-state index >= 15 is 4.39 Å². The monoisotopic (exact) mass is 694 g/mol. The van der Waals surface area contributed by atoms with Gasteiger partial charge in [-0.2, -0.15) is 4.98 Å². The van der Waals surface area contributed by atoms with E-state index in [1.54, 1.807) is 0 Å². The number of hydrogen-bond donors (Lipinski definition) is 6. The van der Waals surface area contributed by atoms with Crippen LogP contribution in [0.2, 0.25) is 0 Å². The highest BCUT2D eigenvalue weighted by molar-refractivity contribution is 8.44. The van der Waals surface area contributed by atoms with Crippen molar-refractivity contribution in [1.82, 2.24) is 39.0 Å². The number of nitrogens with one attached hydrogen (secondary N) is 1. The third kappa shape index (κ3) is 5.98. The molecule has 2 saturated heterocycles. The van der Waals surface area contributed by atoms with E-state index in [1.807, 2.05) is 0 Å². The first-order chi connectivity index (χ1) is 21.0. The van der Waals surface area contributed by atoms with Gasteiger partial charge >= 0.3 is 6.80 Å². The zero-order valence-electron chi connectivity index (χ0n) is 22.1. The minimum atomic E-state index is -4.27. The molecule has 4 aromatic heterocycles. The predicted octanol–water partition coefficient (Wildman–Crippen LogP) is 0.784. The van der Waals surface area contributed by atoms with E-state index < -0.39 is 75.8 Å². The summed E-state index contributed by atoms with van der Waals surface area (Å²) in [5.74, 6) is -0.112. The standard InChI is InChI=1S/C20H25FN10O9P2S2/c21-10-13(39-41(34)43)9(38-19(10)30-5-26-11-14(22)24-4-25-15(11)30)3-36-42(35,44)40-8-1-7(2-32)37-18(8)31-6-27-12-16(31)28-20(23)29-17(12)33/h4-10,13,18-19,32,41H,1-3H2,(H,34,43)(H,35,44)(H2,22,24,25)(H3,23,28,29,33)/t7-,8-,9+,10?,13+,18+,19+,42?/m0/s1. The van der Waals surface area contributed by atoms with Gasteiger partial charge in [-0.05, 0) is 0 Å². The Hall–Kier alpha value is -2.65. The number of rotatable bonds is 10. The number of hydrogen-bond acceptors (Lipinski definition) is 16. The molecule has 0 spiro atoms. The van der Waals surface area contributed by atoms with Crippen molar-refractivity contribution in [2.45, 2.75) is 49.5 Å². The lowest BCUT2D eigenvalue weighted by molar-refractivity contribution is -0.0515. The summed E-state index contributed by atoms with van der Waals surface area (Å²) in [7, 11) is -2.97. The third-order valence-electron chi connectivity index (χ3n) is 6.91. The number of alkyl halides is 1. The van der Waals surface area contributed by atoms with Gasteiger partial charge in [0.15, 0.2) is 41.3 Å². The number of nitrogens with two attached hydrogens (primary N) is 2. The summed E-state index contributed by atoms with van der Waals surface area (Å²) >= 11 is 7.84. The Morgan fingerprint density at radius 3 is 2.61 bits per heavy atom. The molecule has 0 saturated carbocycles. The lowest BCUT2D eigenvalue weighted by Crippen LogP contribution is -2.32. The summed E-state index contributed by atoms with van der Waals surface area (Å²) in [6.07, 6.45) is -5.21. The Morgan fingerprint density at radius 1 is 1.16 bits per heavy atom. The second kappa shape index (κ2) is 12.3. The molecule has 2 aliphatic heterocycles. The van der Waals surface area contributed by atoms with Gasteiger partial charge in [-0.1, -0.05) is 24.5 Å². The predicted molar refractivity (Wildman–Crippen MR) is 157 cm³/mol. The van der Waals surface area contributed by atoms with Crippen molar-refractivity contribution in [3.05, 3.63) is 29.3 Å². The van der Waals surface area contributed by atoms with Crippen molar-refractivity contribution in [3.63, 3.8) is 0 Å². The number of H-pyrrole nitrogens is 1. The summed E-state index contributed by atoms with van der Waals surface area (Å²) in [4.78, 5) is 34.7. The molecule has 9 atom stereocenters. The van der Waals surface area contributed by atoms with E-state index in [-0.39, 0.29) is 40.5 Å². The summed E-state index contributed by atoms with van der Waals surface area (Å²) in [6.45, 7) is -5.27. The molecule has 0 aromatic carbocycles. The highest BCUT2D eigenvalue weighted by Crippen LogP contribution is 2.57. The van der Waals surface area contributed by atoms with Crippen molar-refractivity contribution in [3.8, 4) is 0 Å². The van der Waals surface area contributed by atoms with Crippen molar-refractivity contribution in [2.75, 3.05) is 24.7 Å². The van der Waals surface area contributed by atoms with Crippen LogP contribution in [0.15, 0.2) is 23.8 Å². The van der Waals surface area contributed by atoms with Crippen LogP contribution in [0.5, 0.6) is 0 Å². The first kappa shape index (κ1) is 31.3. The number of anilines is 2. The molecule has 24 heteroatoms. The van der Waals surface area contributed by atoms with Crippen molar-refractivity contribution in [2.24, 2.45) is 0 Å². The van der Waals surface area contributed by atoms with Gasteiger partial charge in [-0.3, -0.25) is 32.5 Å². The smallest absolute Gasteiger partial charge is 0.386 e. The van der Waals surface area contributed by atoms with Gasteiger partial charge in [0.25, 0.3) is 5.56 Å². The van der Waals surface area contributed by atoms with Crippen LogP contribution in [-0.2, 0) is 32.2 Å². The van der Waals surface area contributed by atoms with Crippen LogP contribution >= 0.6 is 38.5 Å². The lowest BCUT2D eigenvalue weighted by Gasteiger charge is -2.24. The number of imidazole rings is 2. The van der Waals surface area contributed by atoms with Crippen LogP contribution in [0.1, 0.15) is 18.9 Å². The lowest BCUT2D eigenvalue weighted by atomic mass is 10.1. The average molecular weight is 695 g/mol. The Morgan fingerprint density at radius 2 is 1.89 bits per heavy atom. The molecule has 6 rings (SSSR count). The number of thiol groups is 2. The molecule has 0 bridgehead atoms. The Bertz CT molecular complexity index is 1830. The fourth-order valence-electron chi connectivity index (χ4n) is 5.04. The van der Waals surface area contributed by atoms with Gasteiger partial charge in [0.05, 0.1) is 32.0 Å². The largest absolute Gasteiger partial charge is 0.394 e. The van der Waals surface area contributed by atoms with Gasteiger partial charge in [0, 0.05) is 6.42 Å². The molecule has 0 amide bonds. The summed E-state index contributed by atoms with van der Waals surface area (Å²) in [5.41, 5.74) is 11.3. The maximum Gasteiger partial charge on any atom is 0.386 e. The molecule has 2 fully saturated rings. The molecule has 6 N–H and O–H groups in total. The highest BCUT2D eigenvalue weighted by Gasteiger charge is 2.49. The molecule has 6 heterocycles. The topological polar surface area (TPSA) is 260 Å². The molecule has 3 unspecified atom stereocenters. The van der Waals surface area contributed by atoms with Crippen LogP contribution in [0.25, 0.3) is 22.3 Å². The molecule has 238 valence electrons. The SMILES string of the molecule is Nc1nc2c(ncn2[C@@H]2O[C@H](CO)C[C@@H]2OP(=O)(S)OC[C@H]2O[C@@H](n3cnc4c(N)ncnc43)C(F)[C@@H]2O[PH](=O)S)c(=O)[nH]1. The molecular weight excluding hydrogens is 669 g/mol. The first-order valence-corrected chi connectivity index (χ1v) is 18.0. The number of fused-ring (bicyclic) bond motifs is 2. The summed E-state index contributed by atoms with van der Waals surface area (Å²) in [6, 6.07) is 0. The van der Waals surface area contributed by atoms with Gasteiger partial charge in [-0.25, -0.2) is 28.9 Å². The fourth-order valence-corrected chi connectivity index (χ4v) is 7.41. The molecule has 2 aliphatic rings. The van der Waals surface area contributed by atoms with Crippen LogP contribution in [0.3, 0.4) is 0 Å². The Kier molecular flexibility index (Phi) is 8.74. The van der Waals surface area contributed by atoms with Gasteiger partial charge in [0.2, 0.25) is 13.2 Å². The molecule has 0 aliphatic carbocycles. The molecular formula is C20H25FN10O9P2S2. The number of nitrogens with zero attached hydrogens (tertiary/aromatic N) is 7. The number of aliphatic hydroxyl groups is 1. The molecule has 4 aromatic rings. The maximum absolute atomic E-state index is 15.7. The number of ether oxygens (including phenoxy) is 2. The number of aromatic nitrogens is 8. The average Bonchev–Trinajstić information content (AvgIpc) is 3.73. The highest BCUT2D eigenvalue weighted by atomic mass is 32.7.